The van der Waals surface area contributed by atoms with Crippen LogP contribution < -0.4 is 4.72 Å². The molecule has 0 aliphatic carbocycles. The van der Waals surface area contributed by atoms with Gasteiger partial charge in [-0.2, -0.15) is 4.31 Å². The van der Waals surface area contributed by atoms with Crippen molar-refractivity contribution >= 4 is 31.8 Å². The lowest BCUT2D eigenvalue weighted by molar-refractivity contribution is -0.134. The lowest BCUT2D eigenvalue weighted by atomic mass is 10.0. The van der Waals surface area contributed by atoms with Crippen LogP contribution in [0, 0.1) is 5.92 Å². The average molecular weight is 491 g/mol. The van der Waals surface area contributed by atoms with E-state index in [1.807, 2.05) is 13.8 Å². The lowest BCUT2D eigenvalue weighted by Gasteiger charge is -2.35. The summed E-state index contributed by atoms with van der Waals surface area (Å²) in [6.07, 6.45) is 0. The highest BCUT2D eigenvalue weighted by atomic mass is 32.2. The molecule has 33 heavy (non-hydrogen) atoms. The zero-order chi connectivity index (χ0) is 23.8. The van der Waals surface area contributed by atoms with Crippen molar-refractivity contribution in [3.8, 4) is 0 Å². The van der Waals surface area contributed by atoms with E-state index in [0.717, 1.165) is 0 Å². The number of amides is 1. The number of carbonyl (C=O) groups is 1. The normalized spacial score (nSPS) is 20.5. The van der Waals surface area contributed by atoms with Crippen LogP contribution in [-0.4, -0.2) is 70.0 Å². The molecule has 0 bridgehead atoms. The van der Waals surface area contributed by atoms with Crippen LogP contribution in [0.1, 0.15) is 19.4 Å². The van der Waals surface area contributed by atoms with Crippen LogP contribution in [0.4, 0.5) is 0 Å². The first-order valence-corrected chi connectivity index (χ1v) is 13.6. The van der Waals surface area contributed by atoms with E-state index in [1.54, 1.807) is 53.4 Å². The smallest absolute Gasteiger partial charge is 0.263 e. The maximum Gasteiger partial charge on any atom is 0.263 e. The van der Waals surface area contributed by atoms with Crippen molar-refractivity contribution in [3.05, 3.63) is 60.2 Å². The predicted molar refractivity (Wildman–Crippen MR) is 124 cm³/mol. The summed E-state index contributed by atoms with van der Waals surface area (Å²) < 4.78 is 54.3. The highest BCUT2D eigenvalue weighted by molar-refractivity contribution is 7.90. The van der Waals surface area contributed by atoms with Gasteiger partial charge in [-0.25, -0.2) is 16.8 Å². The van der Waals surface area contributed by atoms with E-state index >= 15 is 0 Å². The van der Waals surface area contributed by atoms with Crippen LogP contribution >= 0.6 is 0 Å². The molecule has 1 saturated heterocycles. The molecule has 2 aliphatic rings. The minimum absolute atomic E-state index is 0.137. The highest BCUT2D eigenvalue weighted by Crippen LogP contribution is 2.24. The third-order valence-corrected chi connectivity index (χ3v) is 9.06. The molecule has 2 aliphatic heterocycles. The Labute approximate surface area is 194 Å². The fourth-order valence-electron chi connectivity index (χ4n) is 3.94. The first kappa shape index (κ1) is 23.4. The number of piperazine rings is 1. The fourth-order valence-corrected chi connectivity index (χ4v) is 6.62. The molecule has 176 valence electrons. The molecule has 11 heteroatoms. The summed E-state index contributed by atoms with van der Waals surface area (Å²) in [4.78, 5) is 19.8. The minimum Gasteiger partial charge on any atom is -0.338 e. The van der Waals surface area contributed by atoms with Crippen molar-refractivity contribution in [2.24, 2.45) is 10.9 Å². The number of benzene rings is 2. The Hall–Kier alpha value is -2.76. The van der Waals surface area contributed by atoms with Crippen LogP contribution in [0.25, 0.3) is 0 Å². The molecular weight excluding hydrogens is 464 g/mol. The molecule has 2 heterocycles. The second kappa shape index (κ2) is 8.88. The van der Waals surface area contributed by atoms with Gasteiger partial charge < -0.3 is 4.90 Å². The number of rotatable bonds is 5. The first-order valence-electron chi connectivity index (χ1n) is 10.7. The van der Waals surface area contributed by atoms with Gasteiger partial charge >= 0.3 is 0 Å². The Kier molecular flexibility index (Phi) is 6.30. The first-order chi connectivity index (χ1) is 15.6. The van der Waals surface area contributed by atoms with Crippen molar-refractivity contribution in [1.29, 1.82) is 0 Å². The maximum atomic E-state index is 13.3. The van der Waals surface area contributed by atoms with Crippen LogP contribution in [-0.2, 0) is 24.8 Å². The number of nitrogens with zero attached hydrogens (tertiary/aromatic N) is 3. The van der Waals surface area contributed by atoms with Crippen LogP contribution in [0.15, 0.2) is 69.4 Å². The number of hydrogen-bond acceptors (Lipinski definition) is 6. The summed E-state index contributed by atoms with van der Waals surface area (Å²) in [5.74, 6) is -0.283. The lowest BCUT2D eigenvalue weighted by Crippen LogP contribution is -2.53. The summed E-state index contributed by atoms with van der Waals surface area (Å²) in [7, 11) is -7.33. The molecule has 1 atom stereocenters. The van der Waals surface area contributed by atoms with Gasteiger partial charge in [-0.1, -0.05) is 44.2 Å². The largest absolute Gasteiger partial charge is 0.338 e. The zero-order valence-electron chi connectivity index (χ0n) is 18.4. The predicted octanol–water partition coefficient (Wildman–Crippen LogP) is 1.28. The molecule has 0 unspecified atom stereocenters. The SMILES string of the molecule is CC(C)[C@H](N=C1NS(=O)(=O)c2ccccc21)C(=O)N1CCN(S(=O)(=O)c2ccccc2)CC1. The van der Waals surface area contributed by atoms with E-state index in [1.165, 1.54) is 10.4 Å². The highest BCUT2D eigenvalue weighted by Gasteiger charge is 2.36. The molecule has 1 N–H and O–H groups in total. The van der Waals surface area contributed by atoms with Gasteiger partial charge in [-0.05, 0) is 30.2 Å². The van der Waals surface area contributed by atoms with Gasteiger partial charge in [0, 0.05) is 31.7 Å². The van der Waals surface area contributed by atoms with Gasteiger partial charge in [0.1, 0.15) is 11.9 Å². The van der Waals surface area contributed by atoms with E-state index in [0.29, 0.717) is 5.56 Å². The number of hydrogen-bond donors (Lipinski definition) is 1. The Morgan fingerprint density at radius 1 is 0.970 bits per heavy atom. The van der Waals surface area contributed by atoms with Crippen molar-refractivity contribution in [1.82, 2.24) is 13.9 Å². The topological polar surface area (TPSA) is 116 Å². The number of sulfonamides is 2. The van der Waals surface area contributed by atoms with E-state index in [9.17, 15) is 21.6 Å². The van der Waals surface area contributed by atoms with Gasteiger partial charge in [0.25, 0.3) is 10.0 Å². The summed E-state index contributed by atoms with van der Waals surface area (Å²) in [5, 5.41) is 0. The molecule has 0 aromatic heterocycles. The second-order valence-electron chi connectivity index (χ2n) is 8.31. The van der Waals surface area contributed by atoms with Gasteiger partial charge in [0.15, 0.2) is 0 Å². The van der Waals surface area contributed by atoms with Crippen molar-refractivity contribution in [2.45, 2.75) is 29.7 Å². The molecule has 1 fully saturated rings. The molecule has 1 amide bonds. The number of carbonyl (C=O) groups excluding carboxylic acids is 1. The Bertz CT molecular complexity index is 1280. The average Bonchev–Trinajstić information content (AvgIpc) is 3.07. The third-order valence-electron chi connectivity index (χ3n) is 5.75. The van der Waals surface area contributed by atoms with Crippen LogP contribution in [0.5, 0.6) is 0 Å². The zero-order valence-corrected chi connectivity index (χ0v) is 20.0. The summed E-state index contributed by atoms with van der Waals surface area (Å²) >= 11 is 0. The summed E-state index contributed by atoms with van der Waals surface area (Å²) in [6.45, 7) is 4.53. The molecular formula is C22H26N4O5S2. The van der Waals surface area contributed by atoms with E-state index < -0.39 is 26.1 Å². The molecule has 2 aromatic rings. The monoisotopic (exact) mass is 490 g/mol. The summed E-state index contributed by atoms with van der Waals surface area (Å²) in [5.41, 5.74) is 0.440. The van der Waals surface area contributed by atoms with Gasteiger partial charge in [-0.15, -0.1) is 0 Å². The van der Waals surface area contributed by atoms with E-state index in [2.05, 4.69) is 9.71 Å². The summed E-state index contributed by atoms with van der Waals surface area (Å²) in [6, 6.07) is 13.9. The number of amidine groups is 1. The van der Waals surface area contributed by atoms with E-state index in [4.69, 9.17) is 0 Å². The van der Waals surface area contributed by atoms with Gasteiger partial charge in [0.05, 0.1) is 9.79 Å². The number of nitrogens with one attached hydrogen (secondary N) is 1. The van der Waals surface area contributed by atoms with Crippen LogP contribution in [0.2, 0.25) is 0 Å². The molecule has 2 aromatic carbocycles. The molecule has 9 nitrogen and oxygen atoms in total. The van der Waals surface area contributed by atoms with Crippen molar-refractivity contribution in [3.63, 3.8) is 0 Å². The van der Waals surface area contributed by atoms with Gasteiger partial charge in [0.2, 0.25) is 15.9 Å². The molecule has 0 spiro atoms. The molecule has 0 saturated carbocycles. The van der Waals surface area contributed by atoms with Crippen LogP contribution in [0.3, 0.4) is 0 Å². The maximum absolute atomic E-state index is 13.3. The van der Waals surface area contributed by atoms with Crippen molar-refractivity contribution < 1.29 is 21.6 Å². The number of aliphatic imine (C=N–C) groups is 1. The van der Waals surface area contributed by atoms with Crippen molar-refractivity contribution in [2.75, 3.05) is 26.2 Å². The molecule has 4 rings (SSSR count). The third kappa shape index (κ3) is 4.53. The number of fused-ring (bicyclic) bond motifs is 1. The standard InChI is InChI=1S/C22H26N4O5S2/c1-16(2)20(23-21-18-10-6-7-11-19(18)32(28,29)24-21)22(27)25-12-14-26(15-13-25)33(30,31)17-8-4-3-5-9-17/h3-11,16,20H,12-15H2,1-2H3,(H,23,24)/t20-/m0/s1. The van der Waals surface area contributed by atoms with Gasteiger partial charge in [-0.3, -0.25) is 14.5 Å². The fraction of sp³-hybridized carbons (Fsp3) is 0.364. The minimum atomic E-state index is -3.71. The molecule has 0 radical (unpaired) electrons. The van der Waals surface area contributed by atoms with E-state index in [-0.39, 0.29) is 53.6 Å². The Morgan fingerprint density at radius 2 is 1.58 bits per heavy atom. The quantitative estimate of drug-likeness (QED) is 0.678. The Morgan fingerprint density at radius 3 is 2.21 bits per heavy atom. The Balaban J connectivity index is 1.51. The second-order valence-corrected chi connectivity index (χ2v) is 11.9.